The Morgan fingerprint density at radius 3 is 2.57 bits per heavy atom. The molecule has 3 aromatic carbocycles. The maximum Gasteiger partial charge on any atom is 0.345 e. The van der Waals surface area contributed by atoms with Crippen LogP contribution in [0.4, 0.5) is 0 Å². The molecule has 0 saturated carbocycles. The molecule has 0 spiro atoms. The van der Waals surface area contributed by atoms with E-state index in [1.165, 1.54) is 60.9 Å². The Balaban J connectivity index is 1.10. The lowest BCUT2D eigenvalue weighted by atomic mass is 9.91. The van der Waals surface area contributed by atoms with Crippen LogP contribution in [0.1, 0.15) is 65.2 Å². The molecule has 5 rings (SSSR count). The van der Waals surface area contributed by atoms with Gasteiger partial charge in [0.25, 0.3) is 0 Å². The van der Waals surface area contributed by atoms with Crippen LogP contribution in [0.5, 0.6) is 11.5 Å². The van der Waals surface area contributed by atoms with E-state index in [2.05, 4.69) is 27.3 Å². The number of nitrogens with one attached hydrogen (secondary N) is 2. The van der Waals surface area contributed by atoms with Crippen LogP contribution in [-0.4, -0.2) is 83.8 Å². The highest BCUT2D eigenvalue weighted by Gasteiger charge is 2.32. The maximum absolute atomic E-state index is 13.6. The van der Waals surface area contributed by atoms with Crippen LogP contribution in [0.15, 0.2) is 66.7 Å². The molecule has 0 radical (unpaired) electrons. The number of fused-ring (bicyclic) bond motifs is 1. The van der Waals surface area contributed by atoms with Gasteiger partial charge in [0.05, 0.1) is 37.1 Å². The number of carbonyl (C=O) groups is 3. The summed E-state index contributed by atoms with van der Waals surface area (Å²) in [6.07, 6.45) is 3.49. The van der Waals surface area contributed by atoms with E-state index in [0.29, 0.717) is 41.6 Å². The molecule has 0 bridgehead atoms. The molecular weight excluding hydrogens is 690 g/mol. The number of aromatic nitrogens is 1. The minimum atomic E-state index is -0.975. The van der Waals surface area contributed by atoms with E-state index in [9.17, 15) is 19.5 Å². The van der Waals surface area contributed by atoms with Crippen LogP contribution in [0.3, 0.4) is 0 Å². The van der Waals surface area contributed by atoms with Gasteiger partial charge < -0.3 is 29.6 Å². The van der Waals surface area contributed by atoms with E-state index in [0.717, 1.165) is 36.3 Å². The normalized spacial score (nSPS) is 14.5. The maximum atomic E-state index is 13.6. The van der Waals surface area contributed by atoms with Crippen molar-refractivity contribution in [2.45, 2.75) is 57.6 Å². The number of aromatic amines is 1. The molecule has 1 amide bonds. The number of ether oxygens (including phenoxy) is 3. The van der Waals surface area contributed by atoms with Crippen LogP contribution in [0.2, 0.25) is 5.02 Å². The Bertz CT molecular complexity index is 1770. The lowest BCUT2D eigenvalue weighted by Gasteiger charge is -2.26. The van der Waals surface area contributed by atoms with Crippen molar-refractivity contribution in [1.82, 2.24) is 15.2 Å². The monoisotopic (exact) mass is 735 g/mol. The number of methoxy groups -OCH3 is 1. The molecule has 1 aliphatic rings. The zero-order valence-corrected chi connectivity index (χ0v) is 30.7. The molecule has 272 valence electrons. The largest absolute Gasteiger partial charge is 0.497 e. The lowest BCUT2D eigenvalue weighted by molar-refractivity contribution is -0.140. The van der Waals surface area contributed by atoms with Crippen molar-refractivity contribution < 1.29 is 33.7 Å². The van der Waals surface area contributed by atoms with Crippen LogP contribution >= 0.6 is 23.4 Å². The van der Waals surface area contributed by atoms with Crippen molar-refractivity contribution in [1.29, 1.82) is 0 Å². The molecule has 4 aromatic rings. The van der Waals surface area contributed by atoms with Gasteiger partial charge in [-0.25, -0.2) is 4.79 Å². The summed E-state index contributed by atoms with van der Waals surface area (Å²) >= 11 is 7.22. The topological polar surface area (TPSA) is 130 Å². The van der Waals surface area contributed by atoms with Gasteiger partial charge in [-0.15, -0.1) is 11.8 Å². The zero-order chi connectivity index (χ0) is 36.2. The highest BCUT2D eigenvalue weighted by atomic mass is 35.5. The number of esters is 2. The van der Waals surface area contributed by atoms with Gasteiger partial charge in [0.15, 0.2) is 0 Å². The number of nitrogens with zero attached hydrogens (tertiary/aromatic N) is 1. The molecule has 2 atom stereocenters. The molecule has 1 aromatic heterocycles. The predicted octanol–water partition coefficient (Wildman–Crippen LogP) is 6.66. The number of aliphatic hydroxyl groups excluding tert-OH is 1. The summed E-state index contributed by atoms with van der Waals surface area (Å²) in [6, 6.07) is 19.7. The Morgan fingerprint density at radius 1 is 1.02 bits per heavy atom. The standard InChI is InChI=1S/C39H46ClN3O7S/c1-26-37(33-22-31(48-2)14-15-35(33)42-26)34(39(47)50-38(46)28-10-12-29(40)13-11-28)21-30(44)24-51-25-36(45)41-16-7-19-49-32-9-6-8-27(20-32)23-43-17-4-3-5-18-43/h6,8-15,20,22,30,34,42,44H,3-5,7,16-19,21,23-25H2,1-2H3,(H,41,45). The number of H-pyrrole nitrogens is 1. The minimum absolute atomic E-state index is 0.0249. The molecule has 2 heterocycles. The van der Waals surface area contributed by atoms with Gasteiger partial charge in [0, 0.05) is 40.5 Å². The van der Waals surface area contributed by atoms with Crippen molar-refractivity contribution >= 4 is 52.1 Å². The molecule has 2 unspecified atom stereocenters. The third-order valence-corrected chi connectivity index (χ3v) is 10.2. The number of benzene rings is 3. The van der Waals surface area contributed by atoms with E-state index < -0.39 is 24.0 Å². The molecule has 0 aliphatic carbocycles. The molecular formula is C39H46ClN3O7S. The quantitative estimate of drug-likeness (QED) is 0.0619. The first-order chi connectivity index (χ1) is 24.7. The van der Waals surface area contributed by atoms with E-state index in [-0.39, 0.29) is 29.4 Å². The smallest absolute Gasteiger partial charge is 0.345 e. The van der Waals surface area contributed by atoms with Crippen LogP contribution in [-0.2, 0) is 20.9 Å². The number of rotatable bonds is 17. The van der Waals surface area contributed by atoms with Crippen molar-refractivity contribution in [2.75, 3.05) is 44.9 Å². The molecule has 1 saturated heterocycles. The number of hydrogen-bond acceptors (Lipinski definition) is 9. The fourth-order valence-electron chi connectivity index (χ4n) is 6.32. The minimum Gasteiger partial charge on any atom is -0.497 e. The number of hydrogen-bond donors (Lipinski definition) is 3. The van der Waals surface area contributed by atoms with Crippen molar-refractivity contribution in [2.24, 2.45) is 0 Å². The van der Waals surface area contributed by atoms with Crippen LogP contribution in [0.25, 0.3) is 10.9 Å². The van der Waals surface area contributed by atoms with Crippen molar-refractivity contribution in [3.63, 3.8) is 0 Å². The van der Waals surface area contributed by atoms with Crippen molar-refractivity contribution in [3.05, 3.63) is 94.1 Å². The molecule has 1 aliphatic heterocycles. The average Bonchev–Trinajstić information content (AvgIpc) is 3.45. The number of thioether (sulfide) groups is 1. The summed E-state index contributed by atoms with van der Waals surface area (Å²) in [6.45, 7) is 6.00. The Labute approximate surface area is 308 Å². The van der Waals surface area contributed by atoms with Gasteiger partial charge in [-0.2, -0.15) is 0 Å². The number of amides is 1. The number of aliphatic hydroxyl groups is 1. The van der Waals surface area contributed by atoms with Gasteiger partial charge in [0.2, 0.25) is 5.91 Å². The van der Waals surface area contributed by atoms with Gasteiger partial charge in [-0.05, 0) is 111 Å². The first-order valence-electron chi connectivity index (χ1n) is 17.3. The number of carbonyl (C=O) groups excluding carboxylic acids is 3. The van der Waals surface area contributed by atoms with E-state index >= 15 is 0 Å². The lowest BCUT2D eigenvalue weighted by Crippen LogP contribution is -2.29. The third-order valence-electron chi connectivity index (χ3n) is 8.87. The first-order valence-corrected chi connectivity index (χ1v) is 18.9. The van der Waals surface area contributed by atoms with E-state index in [1.807, 2.05) is 25.1 Å². The molecule has 1 fully saturated rings. The van der Waals surface area contributed by atoms with Gasteiger partial charge >= 0.3 is 11.9 Å². The summed E-state index contributed by atoms with van der Waals surface area (Å²) in [4.78, 5) is 44.8. The van der Waals surface area contributed by atoms with Crippen LogP contribution in [0, 0.1) is 6.92 Å². The Morgan fingerprint density at radius 2 is 1.80 bits per heavy atom. The first kappa shape index (κ1) is 38.2. The summed E-state index contributed by atoms with van der Waals surface area (Å²) in [5, 5.41) is 15.2. The molecule has 51 heavy (non-hydrogen) atoms. The molecule has 10 nitrogen and oxygen atoms in total. The molecule has 3 N–H and O–H groups in total. The summed E-state index contributed by atoms with van der Waals surface area (Å²) in [5.41, 5.74) is 3.50. The zero-order valence-electron chi connectivity index (χ0n) is 29.1. The van der Waals surface area contributed by atoms with Gasteiger partial charge in [0.1, 0.15) is 11.5 Å². The van der Waals surface area contributed by atoms with Crippen LogP contribution < -0.4 is 14.8 Å². The SMILES string of the molecule is COc1ccc2[nH]c(C)c(C(CC(O)CSCC(=O)NCCCOc3cccc(CN4CCCCC4)c3)C(=O)OC(=O)c3ccc(Cl)cc3)c2c1. The number of aryl methyl sites for hydroxylation is 1. The second-order valence-corrected chi connectivity index (χ2v) is 14.3. The number of likely N-dealkylation sites (tertiary alicyclic amines) is 1. The van der Waals surface area contributed by atoms with Gasteiger partial charge in [-0.3, -0.25) is 14.5 Å². The second kappa shape index (κ2) is 19.0. The Kier molecular flexibility index (Phi) is 14.2. The highest BCUT2D eigenvalue weighted by molar-refractivity contribution is 7.99. The van der Waals surface area contributed by atoms with Crippen molar-refractivity contribution in [3.8, 4) is 11.5 Å². The number of halogens is 1. The van der Waals surface area contributed by atoms with E-state index in [4.69, 9.17) is 25.8 Å². The predicted molar refractivity (Wildman–Crippen MR) is 201 cm³/mol. The highest BCUT2D eigenvalue weighted by Crippen LogP contribution is 2.35. The second-order valence-electron chi connectivity index (χ2n) is 12.8. The van der Waals surface area contributed by atoms with E-state index in [1.54, 1.807) is 19.2 Å². The Hall–Kier alpha value is -4.03. The molecule has 12 heteroatoms. The third kappa shape index (κ3) is 11.2. The fourth-order valence-corrected chi connectivity index (χ4v) is 7.26. The van der Waals surface area contributed by atoms with Gasteiger partial charge in [-0.1, -0.05) is 30.2 Å². The fraction of sp³-hybridized carbons (Fsp3) is 0.410. The summed E-state index contributed by atoms with van der Waals surface area (Å²) in [7, 11) is 1.55. The number of piperidine rings is 1. The average molecular weight is 736 g/mol. The summed E-state index contributed by atoms with van der Waals surface area (Å²) < 4.78 is 16.7. The summed E-state index contributed by atoms with van der Waals surface area (Å²) in [5.74, 6) is -0.967.